The molecule has 2 unspecified atom stereocenters. The van der Waals surface area contributed by atoms with Gasteiger partial charge in [0.1, 0.15) is 19.0 Å². The van der Waals surface area contributed by atoms with Crippen LogP contribution < -0.4 is 0 Å². The Bertz CT molecular complexity index is 314. The molecule has 1 aliphatic rings. The second-order valence-corrected chi connectivity index (χ2v) is 3.90. The largest absolute Gasteiger partial charge is 0.382 e. The van der Waals surface area contributed by atoms with Crippen molar-refractivity contribution >= 4 is 0 Å². The maximum Gasteiger partial charge on any atom is 0.146 e. The van der Waals surface area contributed by atoms with E-state index in [0.717, 1.165) is 0 Å². The summed E-state index contributed by atoms with van der Waals surface area (Å²) in [5, 5.41) is 0. The molecule has 4 nitrogen and oxygen atoms in total. The van der Waals surface area contributed by atoms with Gasteiger partial charge in [-0.05, 0) is 5.56 Å². The Balaban J connectivity index is 1.55. The Hall–Kier alpha value is -0.940. The molecule has 1 aromatic rings. The number of epoxide rings is 1. The smallest absolute Gasteiger partial charge is 0.146 e. The first-order valence-corrected chi connectivity index (χ1v) is 5.76. The fourth-order valence-electron chi connectivity index (χ4n) is 1.63. The van der Waals surface area contributed by atoms with E-state index in [1.54, 1.807) is 7.11 Å². The maximum absolute atomic E-state index is 5.53. The van der Waals surface area contributed by atoms with E-state index < -0.39 is 0 Å². The van der Waals surface area contributed by atoms with Crippen molar-refractivity contribution in [3.05, 3.63) is 35.9 Å². The van der Waals surface area contributed by atoms with Crippen LogP contribution in [0.3, 0.4) is 0 Å². The number of rotatable bonds is 8. The summed E-state index contributed by atoms with van der Waals surface area (Å²) in [6.45, 7) is 2.03. The van der Waals surface area contributed by atoms with Crippen molar-refractivity contribution in [2.24, 2.45) is 0 Å². The minimum absolute atomic E-state index is 0.170. The van der Waals surface area contributed by atoms with Crippen LogP contribution in [0.4, 0.5) is 0 Å². The van der Waals surface area contributed by atoms with E-state index in [4.69, 9.17) is 18.9 Å². The lowest BCUT2D eigenvalue weighted by Crippen LogP contribution is -2.09. The van der Waals surface area contributed by atoms with Gasteiger partial charge in [-0.2, -0.15) is 0 Å². The summed E-state index contributed by atoms with van der Waals surface area (Å²) in [6, 6.07) is 10.2. The first-order chi connectivity index (χ1) is 8.42. The molecule has 0 radical (unpaired) electrons. The summed E-state index contributed by atoms with van der Waals surface area (Å²) in [5.41, 5.74) is 1.21. The van der Waals surface area contributed by atoms with Crippen molar-refractivity contribution in [1.29, 1.82) is 0 Å². The van der Waals surface area contributed by atoms with Gasteiger partial charge in [0.2, 0.25) is 0 Å². The number of hydrogen-bond donors (Lipinski definition) is 0. The molecular formula is C13H18O4. The summed E-state index contributed by atoms with van der Waals surface area (Å²) in [6.07, 6.45) is 0.360. The Morgan fingerprint density at radius 3 is 2.71 bits per heavy atom. The number of ether oxygens (including phenoxy) is 4. The summed E-state index contributed by atoms with van der Waals surface area (Å²) in [5.74, 6) is 0. The summed E-state index contributed by atoms with van der Waals surface area (Å²) < 4.78 is 20.9. The van der Waals surface area contributed by atoms with E-state index in [-0.39, 0.29) is 12.2 Å². The van der Waals surface area contributed by atoms with Crippen LogP contribution in [0.2, 0.25) is 0 Å². The molecule has 1 fully saturated rings. The van der Waals surface area contributed by atoms with Crippen molar-refractivity contribution in [3.8, 4) is 0 Å². The quantitative estimate of drug-likeness (QED) is 0.393. The molecule has 0 aromatic heterocycles. The van der Waals surface area contributed by atoms with Gasteiger partial charge in [-0.25, -0.2) is 0 Å². The van der Waals surface area contributed by atoms with Crippen LogP contribution in [-0.2, 0) is 18.9 Å². The zero-order chi connectivity index (χ0) is 11.9. The standard InChI is InChI=1S/C13H18O4/c1-14-7-8-15-10-16-9-12-13(17-12)11-5-3-2-4-6-11/h2-6,12-13H,7-10H2,1H3. The average molecular weight is 238 g/mol. The minimum atomic E-state index is 0.170. The molecule has 0 aliphatic carbocycles. The average Bonchev–Trinajstić information content (AvgIpc) is 3.14. The maximum atomic E-state index is 5.53. The van der Waals surface area contributed by atoms with Gasteiger partial charge in [0.25, 0.3) is 0 Å². The van der Waals surface area contributed by atoms with Crippen LogP contribution in [0.5, 0.6) is 0 Å². The lowest BCUT2D eigenvalue weighted by atomic mass is 10.1. The van der Waals surface area contributed by atoms with Crippen molar-refractivity contribution < 1.29 is 18.9 Å². The topological polar surface area (TPSA) is 40.2 Å². The molecule has 0 saturated carbocycles. The fourth-order valence-corrected chi connectivity index (χ4v) is 1.63. The van der Waals surface area contributed by atoms with E-state index in [9.17, 15) is 0 Å². The third-order valence-corrected chi connectivity index (χ3v) is 2.59. The SMILES string of the molecule is COCCOCOCC1OC1c1ccccc1. The van der Waals surface area contributed by atoms with Gasteiger partial charge >= 0.3 is 0 Å². The molecule has 1 heterocycles. The third kappa shape index (κ3) is 4.09. The molecule has 0 bridgehead atoms. The van der Waals surface area contributed by atoms with E-state index in [1.807, 2.05) is 18.2 Å². The molecule has 1 aromatic carbocycles. The lowest BCUT2D eigenvalue weighted by molar-refractivity contribution is -0.0688. The molecule has 0 amide bonds. The molecular weight excluding hydrogens is 220 g/mol. The fraction of sp³-hybridized carbons (Fsp3) is 0.538. The van der Waals surface area contributed by atoms with E-state index in [0.29, 0.717) is 26.6 Å². The zero-order valence-electron chi connectivity index (χ0n) is 10.0. The zero-order valence-corrected chi connectivity index (χ0v) is 10.0. The van der Waals surface area contributed by atoms with Crippen molar-refractivity contribution in [2.45, 2.75) is 12.2 Å². The summed E-state index contributed by atoms with van der Waals surface area (Å²) in [4.78, 5) is 0. The van der Waals surface area contributed by atoms with E-state index >= 15 is 0 Å². The minimum Gasteiger partial charge on any atom is -0.382 e. The number of hydrogen-bond acceptors (Lipinski definition) is 4. The van der Waals surface area contributed by atoms with Crippen LogP contribution in [0.1, 0.15) is 11.7 Å². The van der Waals surface area contributed by atoms with Gasteiger partial charge in [0.15, 0.2) is 0 Å². The highest BCUT2D eigenvalue weighted by Crippen LogP contribution is 2.38. The highest BCUT2D eigenvalue weighted by atomic mass is 16.7. The predicted octanol–water partition coefficient (Wildman–Crippen LogP) is 1.76. The highest BCUT2D eigenvalue weighted by Gasteiger charge is 2.39. The monoisotopic (exact) mass is 238 g/mol. The van der Waals surface area contributed by atoms with Gasteiger partial charge in [0, 0.05) is 7.11 Å². The third-order valence-electron chi connectivity index (χ3n) is 2.59. The van der Waals surface area contributed by atoms with Crippen LogP contribution in [0.15, 0.2) is 30.3 Å². The number of methoxy groups -OCH3 is 1. The highest BCUT2D eigenvalue weighted by molar-refractivity contribution is 5.22. The van der Waals surface area contributed by atoms with Crippen molar-refractivity contribution in [1.82, 2.24) is 0 Å². The summed E-state index contributed by atoms with van der Waals surface area (Å²) in [7, 11) is 1.65. The van der Waals surface area contributed by atoms with E-state index in [1.165, 1.54) is 5.56 Å². The van der Waals surface area contributed by atoms with Crippen molar-refractivity contribution in [3.63, 3.8) is 0 Å². The van der Waals surface area contributed by atoms with Gasteiger partial charge < -0.3 is 18.9 Å². The molecule has 4 heteroatoms. The van der Waals surface area contributed by atoms with Gasteiger partial charge in [-0.15, -0.1) is 0 Å². The predicted molar refractivity (Wildman–Crippen MR) is 62.7 cm³/mol. The second kappa shape index (κ2) is 6.71. The molecule has 0 N–H and O–H groups in total. The van der Waals surface area contributed by atoms with Crippen LogP contribution in [0.25, 0.3) is 0 Å². The Kier molecular flexibility index (Phi) is 4.94. The second-order valence-electron chi connectivity index (χ2n) is 3.90. The van der Waals surface area contributed by atoms with Crippen molar-refractivity contribution in [2.75, 3.05) is 33.7 Å². The van der Waals surface area contributed by atoms with Gasteiger partial charge in [-0.1, -0.05) is 30.3 Å². The molecule has 2 rings (SSSR count). The first kappa shape index (κ1) is 12.5. The molecule has 1 saturated heterocycles. The molecule has 1 aliphatic heterocycles. The first-order valence-electron chi connectivity index (χ1n) is 5.76. The lowest BCUT2D eigenvalue weighted by Gasteiger charge is -2.03. The van der Waals surface area contributed by atoms with Crippen LogP contribution in [-0.4, -0.2) is 39.8 Å². The normalized spacial score (nSPS) is 22.6. The molecule has 2 atom stereocenters. The van der Waals surface area contributed by atoms with Crippen LogP contribution in [0, 0.1) is 0 Å². The van der Waals surface area contributed by atoms with Gasteiger partial charge in [-0.3, -0.25) is 0 Å². The Labute approximate surface area is 101 Å². The summed E-state index contributed by atoms with van der Waals surface area (Å²) >= 11 is 0. The van der Waals surface area contributed by atoms with Crippen LogP contribution >= 0.6 is 0 Å². The molecule has 17 heavy (non-hydrogen) atoms. The number of benzene rings is 1. The Morgan fingerprint density at radius 1 is 1.12 bits per heavy atom. The Morgan fingerprint density at radius 2 is 1.94 bits per heavy atom. The molecule has 0 spiro atoms. The van der Waals surface area contributed by atoms with E-state index in [2.05, 4.69) is 12.1 Å². The van der Waals surface area contributed by atoms with Gasteiger partial charge in [0.05, 0.1) is 19.8 Å². The molecule has 94 valence electrons.